The lowest BCUT2D eigenvalue weighted by atomic mass is 10.3. The van der Waals surface area contributed by atoms with Crippen LogP contribution in [-0.2, 0) is 14.3 Å². The van der Waals surface area contributed by atoms with Crippen molar-refractivity contribution in [3.63, 3.8) is 0 Å². The molecule has 0 heterocycles. The highest BCUT2D eigenvalue weighted by Gasteiger charge is 2.05. The van der Waals surface area contributed by atoms with Crippen molar-refractivity contribution in [1.82, 2.24) is 5.32 Å². The summed E-state index contributed by atoms with van der Waals surface area (Å²) in [6, 6.07) is 0.115. The molecule has 0 amide bonds. The summed E-state index contributed by atoms with van der Waals surface area (Å²) >= 11 is 0. The van der Waals surface area contributed by atoms with Gasteiger partial charge in [-0.05, 0) is 27.2 Å². The molecule has 6 nitrogen and oxygen atoms in total. The van der Waals surface area contributed by atoms with E-state index in [1.54, 1.807) is 7.11 Å². The van der Waals surface area contributed by atoms with E-state index in [0.717, 1.165) is 0 Å². The number of carbonyl (C=O) groups is 1. The Morgan fingerprint density at radius 2 is 2.00 bits per heavy atom. The Hall–Kier alpha value is -0.570. The zero-order valence-electron chi connectivity index (χ0n) is 12.1. The third-order valence-electron chi connectivity index (χ3n) is 2.00. The molecule has 0 aliphatic rings. The summed E-state index contributed by atoms with van der Waals surface area (Å²) in [5, 5.41) is 2.99. The third-order valence-corrected chi connectivity index (χ3v) is 2.00. The normalized spacial score (nSPS) is 12.8. The van der Waals surface area contributed by atoms with E-state index in [9.17, 15) is 4.79 Å². The molecule has 1 atom stereocenters. The number of methoxy groups -OCH3 is 1. The van der Waals surface area contributed by atoms with Crippen LogP contribution in [-0.4, -0.2) is 44.3 Å². The van der Waals surface area contributed by atoms with Gasteiger partial charge < -0.3 is 20.5 Å². The molecule has 0 fully saturated rings. The fourth-order valence-corrected chi connectivity index (χ4v) is 1.33. The Bertz CT molecular complexity index is 273. The topological polar surface area (TPSA) is 85.9 Å². The molecule has 0 bridgehead atoms. The number of hydrogen-bond acceptors (Lipinski definition) is 4. The van der Waals surface area contributed by atoms with Crippen LogP contribution < -0.4 is 11.1 Å². The lowest BCUT2D eigenvalue weighted by molar-refractivity contribution is -0.147. The highest BCUT2D eigenvalue weighted by Crippen LogP contribution is 1.97. The quantitative estimate of drug-likeness (QED) is 0.215. The van der Waals surface area contributed by atoms with Crippen LogP contribution in [0.25, 0.3) is 0 Å². The van der Waals surface area contributed by atoms with Gasteiger partial charge in [0.2, 0.25) is 0 Å². The third kappa shape index (κ3) is 13.7. The van der Waals surface area contributed by atoms with Gasteiger partial charge in [0, 0.05) is 26.1 Å². The monoisotopic (exact) mass is 387 g/mol. The van der Waals surface area contributed by atoms with Crippen LogP contribution in [0.3, 0.4) is 0 Å². The fourth-order valence-electron chi connectivity index (χ4n) is 1.33. The van der Waals surface area contributed by atoms with Gasteiger partial charge in [0.25, 0.3) is 0 Å². The van der Waals surface area contributed by atoms with E-state index in [-0.39, 0.29) is 42.1 Å². The van der Waals surface area contributed by atoms with Crippen molar-refractivity contribution in [2.24, 2.45) is 10.7 Å². The minimum atomic E-state index is -0.195. The van der Waals surface area contributed by atoms with Crippen molar-refractivity contribution in [1.29, 1.82) is 0 Å². The van der Waals surface area contributed by atoms with Gasteiger partial charge in [0.1, 0.15) is 0 Å². The highest BCUT2D eigenvalue weighted by atomic mass is 127. The average Bonchev–Trinajstić information content (AvgIpc) is 2.23. The number of guanidine groups is 1. The molecule has 0 aliphatic heterocycles. The molecule has 0 rings (SSSR count). The van der Waals surface area contributed by atoms with Crippen LogP contribution in [0.5, 0.6) is 0 Å². The maximum Gasteiger partial charge on any atom is 0.306 e. The van der Waals surface area contributed by atoms with Crippen LogP contribution >= 0.6 is 24.0 Å². The van der Waals surface area contributed by atoms with Crippen molar-refractivity contribution in [3.8, 4) is 0 Å². The standard InChI is InChI=1S/C12H25N3O3.HI/c1-9(2)18-11(16)6-5-7-14-12(13)15-10(3)8-17-4;/h9-10H,5-8H2,1-4H3,(H3,13,14,15);1H. The molecule has 0 saturated heterocycles. The minimum Gasteiger partial charge on any atom is -0.463 e. The average molecular weight is 387 g/mol. The van der Waals surface area contributed by atoms with Gasteiger partial charge in [-0.3, -0.25) is 9.79 Å². The number of ether oxygens (including phenoxy) is 2. The van der Waals surface area contributed by atoms with Crippen LogP contribution in [0.2, 0.25) is 0 Å². The molecule has 0 spiro atoms. The smallest absolute Gasteiger partial charge is 0.306 e. The van der Waals surface area contributed by atoms with E-state index in [1.165, 1.54) is 0 Å². The molecule has 3 N–H and O–H groups in total. The summed E-state index contributed by atoms with van der Waals surface area (Å²) in [7, 11) is 1.63. The lowest BCUT2D eigenvalue weighted by Gasteiger charge is -2.13. The number of halogens is 1. The summed E-state index contributed by atoms with van der Waals surface area (Å²) in [4.78, 5) is 15.3. The van der Waals surface area contributed by atoms with Gasteiger partial charge in [-0.1, -0.05) is 0 Å². The summed E-state index contributed by atoms with van der Waals surface area (Å²) in [6.07, 6.45) is 0.928. The molecule has 1 unspecified atom stereocenters. The zero-order valence-corrected chi connectivity index (χ0v) is 14.5. The van der Waals surface area contributed by atoms with Gasteiger partial charge >= 0.3 is 5.97 Å². The highest BCUT2D eigenvalue weighted by molar-refractivity contribution is 14.0. The van der Waals surface area contributed by atoms with Crippen LogP contribution in [0.15, 0.2) is 4.99 Å². The Labute approximate surface area is 132 Å². The summed E-state index contributed by atoms with van der Waals surface area (Å²) < 4.78 is 9.97. The second-order valence-corrected chi connectivity index (χ2v) is 4.41. The van der Waals surface area contributed by atoms with Crippen molar-refractivity contribution >= 4 is 35.9 Å². The predicted molar refractivity (Wildman–Crippen MR) is 86.8 cm³/mol. The molecular weight excluding hydrogens is 361 g/mol. The number of carbonyl (C=O) groups excluding carboxylic acids is 1. The first-order valence-electron chi connectivity index (χ1n) is 6.20. The molecule has 0 aromatic rings. The van der Waals surface area contributed by atoms with Crippen molar-refractivity contribution in [3.05, 3.63) is 0 Å². The first-order chi connectivity index (χ1) is 8.45. The second-order valence-electron chi connectivity index (χ2n) is 4.41. The number of nitrogens with zero attached hydrogens (tertiary/aromatic N) is 1. The van der Waals surface area contributed by atoms with Gasteiger partial charge in [-0.2, -0.15) is 0 Å². The largest absolute Gasteiger partial charge is 0.463 e. The Balaban J connectivity index is 0. The molecule has 0 aromatic heterocycles. The molecular formula is C12H26IN3O3. The van der Waals surface area contributed by atoms with Gasteiger partial charge in [-0.15, -0.1) is 24.0 Å². The zero-order chi connectivity index (χ0) is 14.0. The number of esters is 1. The van der Waals surface area contributed by atoms with Crippen molar-refractivity contribution in [2.75, 3.05) is 20.3 Å². The van der Waals surface area contributed by atoms with E-state index in [2.05, 4.69) is 10.3 Å². The van der Waals surface area contributed by atoms with Crippen molar-refractivity contribution < 1.29 is 14.3 Å². The van der Waals surface area contributed by atoms with Gasteiger partial charge in [-0.25, -0.2) is 0 Å². The van der Waals surface area contributed by atoms with E-state index in [0.29, 0.717) is 32.0 Å². The Morgan fingerprint density at radius 3 is 2.53 bits per heavy atom. The molecule has 0 aromatic carbocycles. The SMILES string of the molecule is COCC(C)NC(N)=NCCCC(=O)OC(C)C.I. The number of hydrogen-bond donors (Lipinski definition) is 2. The molecule has 19 heavy (non-hydrogen) atoms. The number of nitrogens with two attached hydrogens (primary N) is 1. The van der Waals surface area contributed by atoms with Crippen LogP contribution in [0.1, 0.15) is 33.6 Å². The molecule has 0 radical (unpaired) electrons. The van der Waals surface area contributed by atoms with Gasteiger partial charge in [0.05, 0.1) is 12.7 Å². The molecule has 0 aliphatic carbocycles. The number of aliphatic imine (C=N–C) groups is 1. The van der Waals surface area contributed by atoms with Crippen LogP contribution in [0, 0.1) is 0 Å². The maximum atomic E-state index is 11.2. The van der Waals surface area contributed by atoms with E-state index in [1.807, 2.05) is 20.8 Å². The Kier molecular flexibility index (Phi) is 13.6. The Morgan fingerprint density at radius 1 is 1.37 bits per heavy atom. The maximum absolute atomic E-state index is 11.2. The molecule has 7 heteroatoms. The van der Waals surface area contributed by atoms with Crippen molar-refractivity contribution in [2.45, 2.75) is 45.8 Å². The van der Waals surface area contributed by atoms with E-state index in [4.69, 9.17) is 15.2 Å². The fraction of sp³-hybridized carbons (Fsp3) is 0.833. The molecule has 114 valence electrons. The first-order valence-corrected chi connectivity index (χ1v) is 6.20. The lowest BCUT2D eigenvalue weighted by Crippen LogP contribution is -2.40. The predicted octanol–water partition coefficient (Wildman–Crippen LogP) is 1.28. The van der Waals surface area contributed by atoms with Gasteiger partial charge in [0.15, 0.2) is 5.96 Å². The summed E-state index contributed by atoms with van der Waals surface area (Å²) in [6.45, 7) is 6.68. The molecule has 0 saturated carbocycles. The number of nitrogens with one attached hydrogen (secondary N) is 1. The van der Waals surface area contributed by atoms with E-state index < -0.39 is 0 Å². The minimum absolute atomic E-state index is 0. The number of rotatable bonds is 8. The second kappa shape index (κ2) is 12.5. The van der Waals surface area contributed by atoms with E-state index >= 15 is 0 Å². The summed E-state index contributed by atoms with van der Waals surface area (Å²) in [5.74, 6) is 0.177. The first kappa shape index (κ1) is 20.7. The van der Waals surface area contributed by atoms with Crippen LogP contribution in [0.4, 0.5) is 0 Å². The summed E-state index contributed by atoms with van der Waals surface area (Å²) in [5.41, 5.74) is 5.67.